The first-order valence-corrected chi connectivity index (χ1v) is 11.5. The van der Waals surface area contributed by atoms with Crippen LogP contribution in [0.3, 0.4) is 0 Å². The summed E-state index contributed by atoms with van der Waals surface area (Å²) in [5.74, 6) is -3.10. The normalized spacial score (nSPS) is 12.7. The second-order valence-corrected chi connectivity index (χ2v) is 8.32. The van der Waals surface area contributed by atoms with E-state index in [1.807, 2.05) is 0 Å². The van der Waals surface area contributed by atoms with Crippen LogP contribution in [0.1, 0.15) is 36.8 Å². The third kappa shape index (κ3) is 10.9. The fourth-order valence-corrected chi connectivity index (χ4v) is 3.49. The minimum absolute atomic E-state index is 0.0978. The number of nitrogens with one attached hydrogen (secondary N) is 4. The molecule has 0 aromatic heterocycles. The number of aliphatic imine (C=N–C) groups is 1. The van der Waals surface area contributed by atoms with E-state index in [0.29, 0.717) is 23.8 Å². The zero-order valence-electron chi connectivity index (χ0n) is 21.0. The molecule has 0 aliphatic rings. The molecule has 0 unspecified atom stereocenters. The first-order valence-electron chi connectivity index (χ1n) is 11.5. The van der Waals surface area contributed by atoms with E-state index in [1.165, 1.54) is 6.07 Å². The highest BCUT2D eigenvalue weighted by Gasteiger charge is 2.41. The van der Waals surface area contributed by atoms with Gasteiger partial charge in [0.25, 0.3) is 0 Å². The summed E-state index contributed by atoms with van der Waals surface area (Å²) in [6, 6.07) is 5.44. The van der Waals surface area contributed by atoms with Gasteiger partial charge in [0.2, 0.25) is 11.8 Å². The molecule has 11 N–H and O–H groups in total. The number of hydrogen-bond acceptors (Lipinski definition) is 8. The smallest absolute Gasteiger partial charge is 0.407 e. The number of aliphatic carboxylic acids is 1. The molecule has 0 bridgehead atoms. The maximum atomic E-state index is 13.4. The van der Waals surface area contributed by atoms with Gasteiger partial charge in [0.15, 0.2) is 5.96 Å². The molecule has 0 radical (unpaired) electrons. The summed E-state index contributed by atoms with van der Waals surface area (Å²) in [5.41, 5.74) is 15.0. The predicted molar refractivity (Wildman–Crippen MR) is 137 cm³/mol. The number of amidine groups is 1. The molecule has 0 aliphatic carbocycles. The lowest BCUT2D eigenvalue weighted by molar-refractivity contribution is -0.138. The van der Waals surface area contributed by atoms with Gasteiger partial charge in [-0.15, -0.1) is 0 Å². The van der Waals surface area contributed by atoms with Crippen molar-refractivity contribution in [2.45, 2.75) is 43.7 Å². The summed E-state index contributed by atoms with van der Waals surface area (Å²) < 4.78 is 4.64. The Morgan fingerprint density at radius 3 is 2.53 bits per heavy atom. The lowest BCUT2D eigenvalue weighted by Gasteiger charge is -2.33. The Labute approximate surface area is 219 Å². The second kappa shape index (κ2) is 15.4. The summed E-state index contributed by atoms with van der Waals surface area (Å²) in [6.45, 7) is -0.308. The van der Waals surface area contributed by atoms with E-state index in [0.717, 1.165) is 7.11 Å². The van der Waals surface area contributed by atoms with Crippen molar-refractivity contribution in [1.82, 2.24) is 16.0 Å². The monoisotopic (exact) mass is 534 g/mol. The number of methoxy groups -OCH3 is 1. The van der Waals surface area contributed by atoms with Crippen LogP contribution in [-0.4, -0.2) is 78.8 Å². The number of carboxylic acid groups (broad SMARTS) is 1. The summed E-state index contributed by atoms with van der Waals surface area (Å²) in [6.07, 6.45) is -0.859. The van der Waals surface area contributed by atoms with Crippen molar-refractivity contribution >= 4 is 42.0 Å². The third-order valence-corrected chi connectivity index (χ3v) is 5.36. The quantitative estimate of drug-likeness (QED) is 0.0517. The Balaban J connectivity index is 3.09. The van der Waals surface area contributed by atoms with Gasteiger partial charge in [-0.05, 0) is 30.9 Å². The number of nitrogen functional groups attached to an aromatic ring is 1. The Kier molecular flexibility index (Phi) is 12.7. The standard InChI is InChI=1S/C23H34N8O7/c1-38-22(37)31-23(8-7-18(34)35,11-14-4-2-5-15(10-14)19(24)25)20(36)29-12-17(33)30-16(13-32)6-3-9-28-21(26)27/h2,4-5,10,13,16H,3,6-9,11-12H2,1H3,(H3,24,25)(H,29,36)(H,30,33)(H,31,37)(H,34,35)(H4,26,27,28)/t16-,23+/m0/s1. The van der Waals surface area contributed by atoms with Crippen LogP contribution in [0.4, 0.5) is 4.79 Å². The number of carbonyl (C=O) groups excluding carboxylic acids is 4. The molecule has 15 nitrogen and oxygen atoms in total. The molecule has 0 saturated heterocycles. The number of benzene rings is 1. The molecule has 1 aromatic rings. The molecule has 0 aliphatic heterocycles. The summed E-state index contributed by atoms with van der Waals surface area (Å²) in [4.78, 5) is 64.4. The van der Waals surface area contributed by atoms with E-state index >= 15 is 0 Å². The lowest BCUT2D eigenvalue weighted by Crippen LogP contribution is -2.61. The number of guanidine groups is 1. The molecule has 15 heteroatoms. The van der Waals surface area contributed by atoms with Crippen molar-refractivity contribution in [1.29, 1.82) is 5.41 Å². The van der Waals surface area contributed by atoms with Gasteiger partial charge in [-0.25, -0.2) is 4.79 Å². The van der Waals surface area contributed by atoms with Gasteiger partial charge in [0, 0.05) is 24.9 Å². The molecular formula is C23H34N8O7. The number of carbonyl (C=O) groups is 5. The molecule has 0 saturated carbocycles. The Bertz CT molecular complexity index is 1060. The highest BCUT2D eigenvalue weighted by atomic mass is 16.5. The van der Waals surface area contributed by atoms with E-state index < -0.39 is 48.4 Å². The lowest BCUT2D eigenvalue weighted by atomic mass is 9.84. The molecule has 3 amide bonds. The van der Waals surface area contributed by atoms with Gasteiger partial charge in [0.05, 0.1) is 19.7 Å². The van der Waals surface area contributed by atoms with Gasteiger partial charge in [-0.2, -0.15) is 0 Å². The SMILES string of the molecule is COC(=O)N[C@](CCC(=O)O)(Cc1cccc(C(=N)N)c1)C(=O)NCC(=O)N[C@H](C=O)CCCN=C(N)N. The number of rotatable bonds is 16. The van der Waals surface area contributed by atoms with Crippen LogP contribution >= 0.6 is 0 Å². The summed E-state index contributed by atoms with van der Waals surface area (Å²) in [7, 11) is 1.08. The number of aldehydes is 1. The van der Waals surface area contributed by atoms with Crippen molar-refractivity contribution in [3.05, 3.63) is 35.4 Å². The first-order chi connectivity index (χ1) is 17.9. The fourth-order valence-electron chi connectivity index (χ4n) is 3.49. The third-order valence-electron chi connectivity index (χ3n) is 5.36. The molecule has 2 atom stereocenters. The molecule has 208 valence electrons. The van der Waals surface area contributed by atoms with Crippen molar-refractivity contribution in [2.75, 3.05) is 20.2 Å². The topological polar surface area (TPSA) is 265 Å². The zero-order chi connectivity index (χ0) is 28.7. The number of amides is 3. The largest absolute Gasteiger partial charge is 0.481 e. The number of hydrogen-bond donors (Lipinski definition) is 8. The average molecular weight is 535 g/mol. The van der Waals surface area contributed by atoms with E-state index in [4.69, 9.17) is 22.6 Å². The Morgan fingerprint density at radius 2 is 1.95 bits per heavy atom. The number of ether oxygens (including phenoxy) is 1. The molecular weight excluding hydrogens is 500 g/mol. The van der Waals surface area contributed by atoms with Crippen molar-refractivity contribution < 1.29 is 33.8 Å². The number of alkyl carbamates (subject to hydrolysis) is 1. The summed E-state index contributed by atoms with van der Waals surface area (Å²) >= 11 is 0. The fraction of sp³-hybridized carbons (Fsp3) is 0.435. The van der Waals surface area contributed by atoms with Gasteiger partial charge >= 0.3 is 12.1 Å². The maximum Gasteiger partial charge on any atom is 0.407 e. The summed E-state index contributed by atoms with van der Waals surface area (Å²) in [5, 5.41) is 24.1. The second-order valence-electron chi connectivity index (χ2n) is 8.32. The number of nitrogens with two attached hydrogens (primary N) is 3. The van der Waals surface area contributed by atoms with E-state index in [1.54, 1.807) is 18.2 Å². The Hall–Kier alpha value is -4.69. The minimum Gasteiger partial charge on any atom is -0.481 e. The van der Waals surface area contributed by atoms with Crippen LogP contribution < -0.4 is 33.2 Å². The minimum atomic E-state index is -1.84. The van der Waals surface area contributed by atoms with Crippen LogP contribution in [0.25, 0.3) is 0 Å². The average Bonchev–Trinajstić information content (AvgIpc) is 2.87. The van der Waals surface area contributed by atoms with Crippen LogP contribution in [0.15, 0.2) is 29.3 Å². The highest BCUT2D eigenvalue weighted by Crippen LogP contribution is 2.22. The molecule has 0 fully saturated rings. The van der Waals surface area contributed by atoms with Gasteiger partial charge in [0.1, 0.15) is 17.7 Å². The molecule has 0 spiro atoms. The number of carboxylic acids is 1. The molecule has 0 heterocycles. The van der Waals surface area contributed by atoms with Crippen LogP contribution in [0, 0.1) is 5.41 Å². The van der Waals surface area contributed by atoms with Crippen molar-refractivity contribution in [3.63, 3.8) is 0 Å². The van der Waals surface area contributed by atoms with E-state index in [-0.39, 0.29) is 37.6 Å². The van der Waals surface area contributed by atoms with Crippen LogP contribution in [0.2, 0.25) is 0 Å². The highest BCUT2D eigenvalue weighted by molar-refractivity contribution is 5.96. The van der Waals surface area contributed by atoms with Crippen molar-refractivity contribution in [3.8, 4) is 0 Å². The number of nitrogens with zero attached hydrogens (tertiary/aromatic N) is 1. The molecule has 1 aromatic carbocycles. The Morgan fingerprint density at radius 1 is 1.24 bits per heavy atom. The van der Waals surface area contributed by atoms with E-state index in [9.17, 15) is 29.1 Å². The van der Waals surface area contributed by atoms with Crippen molar-refractivity contribution in [2.24, 2.45) is 22.2 Å². The van der Waals surface area contributed by atoms with Gasteiger partial charge in [-0.1, -0.05) is 18.2 Å². The van der Waals surface area contributed by atoms with Crippen LogP contribution in [0.5, 0.6) is 0 Å². The predicted octanol–water partition coefficient (Wildman–Crippen LogP) is -1.67. The van der Waals surface area contributed by atoms with Crippen LogP contribution in [-0.2, 0) is 30.3 Å². The maximum absolute atomic E-state index is 13.4. The van der Waals surface area contributed by atoms with Gasteiger partial charge in [-0.3, -0.25) is 24.8 Å². The first kappa shape index (κ1) is 31.3. The van der Waals surface area contributed by atoms with Gasteiger partial charge < -0.3 is 47.8 Å². The molecule has 38 heavy (non-hydrogen) atoms. The molecule has 1 rings (SSSR count). The zero-order valence-corrected chi connectivity index (χ0v) is 21.0. The van der Waals surface area contributed by atoms with E-state index in [2.05, 4.69) is 25.7 Å².